The summed E-state index contributed by atoms with van der Waals surface area (Å²) in [6, 6.07) is 102. The van der Waals surface area contributed by atoms with Crippen LogP contribution in [0.15, 0.2) is 279 Å². The van der Waals surface area contributed by atoms with Crippen LogP contribution in [0.2, 0.25) is 0 Å². The Morgan fingerprint density at radius 1 is 0.337 bits per heavy atom. The number of hydrogen-bond acceptors (Lipinski definition) is 3. The maximum Gasteiger partial charge on any atom is 0.220 e. The van der Waals surface area contributed by atoms with Crippen molar-refractivity contribution in [3.8, 4) is 84.2 Å². The molecule has 0 bridgehead atoms. The monoisotopic (exact) mass is 1130 g/mol. The second-order valence-corrected chi connectivity index (χ2v) is 24.1. The highest BCUT2D eigenvalue weighted by molar-refractivity contribution is 7.27. The Hall–Kier alpha value is -11.1. The molecule has 0 aliphatic rings. The standard InChI is InChI=1S/C80H46N4S2/c1-82-74-70(56-44-54(49-25-7-2-8-26-49)43-55(45-56)50-27-9-3-10-28-50)65(48-81)75(71(53-33-15-6-16-34-53)78(74)83-66-39-21-17-35-57(66)58-36-18-22-40-67(58)83)84-76-63(46-61(51-29-11-4-12-30-51)72-59-37-19-23-41-68(59)85-79(72)76)64-47-62(52-31-13-5-14-32-52)73-60-38-20-24-42-69(60)86-80(73)77(64)84/h2-47H. The van der Waals surface area contributed by atoms with Crippen molar-refractivity contribution < 1.29 is 0 Å². The first-order valence-corrected chi connectivity index (χ1v) is 30.5. The molecule has 6 heteroatoms. The molecule has 0 N–H and O–H groups in total. The van der Waals surface area contributed by atoms with E-state index >= 15 is 0 Å². The van der Waals surface area contributed by atoms with Gasteiger partial charge in [-0.15, -0.1) is 22.7 Å². The minimum absolute atomic E-state index is 0.386. The highest BCUT2D eigenvalue weighted by Crippen LogP contribution is 2.57. The van der Waals surface area contributed by atoms with Crippen LogP contribution in [0.5, 0.6) is 0 Å². The number of nitrogens with zero attached hydrogens (tertiary/aromatic N) is 4. The maximum absolute atomic E-state index is 12.9. The fraction of sp³-hybridized carbons (Fsp3) is 0. The Bertz CT molecular complexity index is 5420. The van der Waals surface area contributed by atoms with Crippen LogP contribution < -0.4 is 0 Å². The van der Waals surface area contributed by atoms with Crippen molar-refractivity contribution in [2.75, 3.05) is 0 Å². The Labute approximate surface area is 503 Å². The summed E-state index contributed by atoms with van der Waals surface area (Å²) < 4.78 is 9.40. The van der Waals surface area contributed by atoms with Crippen LogP contribution in [-0.2, 0) is 0 Å². The van der Waals surface area contributed by atoms with Crippen LogP contribution in [0.1, 0.15) is 5.56 Å². The Morgan fingerprint density at radius 2 is 0.721 bits per heavy atom. The number of rotatable bonds is 8. The average Bonchev–Trinajstić information content (AvgIpc) is 1.52. The van der Waals surface area contributed by atoms with E-state index in [2.05, 4.69) is 282 Å². The van der Waals surface area contributed by atoms with Gasteiger partial charge >= 0.3 is 0 Å². The molecule has 0 amide bonds. The van der Waals surface area contributed by atoms with E-state index in [0.29, 0.717) is 28.2 Å². The summed E-state index contributed by atoms with van der Waals surface area (Å²) in [6.45, 7) is 9.82. The zero-order valence-corrected chi connectivity index (χ0v) is 47.8. The fourth-order valence-corrected chi connectivity index (χ4v) is 16.2. The Balaban J connectivity index is 1.18. The van der Waals surface area contributed by atoms with Gasteiger partial charge in [0.1, 0.15) is 6.07 Å². The predicted molar refractivity (Wildman–Crippen MR) is 364 cm³/mol. The highest BCUT2D eigenvalue weighted by atomic mass is 32.1. The summed E-state index contributed by atoms with van der Waals surface area (Å²) in [5, 5.41) is 21.9. The minimum atomic E-state index is 0.386. The molecular formula is C80H46N4S2. The van der Waals surface area contributed by atoms with E-state index in [4.69, 9.17) is 4.85 Å². The number of aromatic nitrogens is 2. The summed E-state index contributed by atoms with van der Waals surface area (Å²) in [5.74, 6) is 0. The van der Waals surface area contributed by atoms with Gasteiger partial charge in [0.15, 0.2) is 0 Å². The molecule has 4 heterocycles. The molecule has 17 rings (SSSR count). The molecule has 13 aromatic carbocycles. The fourth-order valence-electron chi connectivity index (χ4n) is 13.7. The SMILES string of the molecule is [C-]#[N+]c1c(-c2cc(-c3ccccc3)cc(-c3ccccc3)c2)c(C#N)c(-n2c3c(cc(-c4ccccc4)c4c5ccccc5sc43)c3cc(-c4ccccc4)c4c5ccccc5sc4c32)c(-c2ccccc2)c1-n1c2ccccc2c2ccccc21. The molecule has 86 heavy (non-hydrogen) atoms. The number of para-hydroxylation sites is 2. The normalized spacial score (nSPS) is 11.7. The van der Waals surface area contributed by atoms with Crippen molar-refractivity contribution >= 4 is 112 Å². The summed E-state index contributed by atoms with van der Waals surface area (Å²) in [4.78, 5) is 4.78. The van der Waals surface area contributed by atoms with Gasteiger partial charge in [-0.05, 0) is 110 Å². The predicted octanol–water partition coefficient (Wildman–Crippen LogP) is 23.0. The molecule has 0 radical (unpaired) electrons. The summed E-state index contributed by atoms with van der Waals surface area (Å²) in [6.07, 6.45) is 0. The van der Waals surface area contributed by atoms with Crippen LogP contribution >= 0.6 is 22.7 Å². The van der Waals surface area contributed by atoms with Crippen LogP contribution in [0, 0.1) is 17.9 Å². The lowest BCUT2D eigenvalue weighted by Gasteiger charge is -2.26. The third-order valence-electron chi connectivity index (χ3n) is 17.3. The van der Waals surface area contributed by atoms with Crippen LogP contribution in [0.3, 0.4) is 0 Å². The zero-order chi connectivity index (χ0) is 57.0. The van der Waals surface area contributed by atoms with Gasteiger partial charge in [-0.1, -0.05) is 224 Å². The molecule has 4 aromatic heterocycles. The van der Waals surface area contributed by atoms with Gasteiger partial charge in [-0.25, -0.2) is 4.85 Å². The first kappa shape index (κ1) is 49.5. The van der Waals surface area contributed by atoms with Crippen LogP contribution in [0.4, 0.5) is 5.69 Å². The van der Waals surface area contributed by atoms with Gasteiger partial charge in [-0.2, -0.15) is 5.26 Å². The molecule has 17 aromatic rings. The quantitative estimate of drug-likeness (QED) is 0.140. The van der Waals surface area contributed by atoms with E-state index in [1.807, 2.05) is 34.8 Å². The summed E-state index contributed by atoms with van der Waals surface area (Å²) in [7, 11) is 0. The zero-order valence-electron chi connectivity index (χ0n) is 46.2. The maximum atomic E-state index is 12.9. The molecular weight excluding hydrogens is 1080 g/mol. The lowest BCUT2D eigenvalue weighted by molar-refractivity contribution is 1.14. The Kier molecular flexibility index (Phi) is 11.4. The number of fused-ring (bicyclic) bond motifs is 14. The van der Waals surface area contributed by atoms with Crippen LogP contribution in [0.25, 0.3) is 167 Å². The van der Waals surface area contributed by atoms with E-state index in [0.717, 1.165) is 125 Å². The molecule has 0 saturated heterocycles. The molecule has 0 atom stereocenters. The third kappa shape index (κ3) is 7.45. The number of nitriles is 1. The van der Waals surface area contributed by atoms with E-state index < -0.39 is 0 Å². The van der Waals surface area contributed by atoms with Crippen molar-refractivity contribution in [1.29, 1.82) is 5.26 Å². The summed E-state index contributed by atoms with van der Waals surface area (Å²) in [5.41, 5.74) is 17.7. The number of thiophene rings is 2. The van der Waals surface area contributed by atoms with Gasteiger partial charge in [0.05, 0.1) is 55.0 Å². The average molecular weight is 1130 g/mol. The first-order chi connectivity index (χ1) is 42.6. The largest absolute Gasteiger partial charge is 0.318 e. The number of hydrogen-bond donors (Lipinski definition) is 0. The topological polar surface area (TPSA) is 38.0 Å². The van der Waals surface area contributed by atoms with Gasteiger partial charge in [-0.3, -0.25) is 0 Å². The van der Waals surface area contributed by atoms with Crippen molar-refractivity contribution in [3.63, 3.8) is 0 Å². The van der Waals surface area contributed by atoms with Gasteiger partial charge in [0.2, 0.25) is 5.69 Å². The first-order valence-electron chi connectivity index (χ1n) is 28.8. The van der Waals surface area contributed by atoms with E-state index in [1.54, 1.807) is 0 Å². The minimum Gasteiger partial charge on any atom is -0.318 e. The number of benzene rings is 13. The smallest absolute Gasteiger partial charge is 0.220 e. The van der Waals surface area contributed by atoms with Crippen LogP contribution in [-0.4, -0.2) is 9.13 Å². The molecule has 0 unspecified atom stereocenters. The Morgan fingerprint density at radius 3 is 1.16 bits per heavy atom. The molecule has 0 fully saturated rings. The lowest BCUT2D eigenvalue weighted by Crippen LogP contribution is -2.09. The summed E-state index contributed by atoms with van der Waals surface area (Å²) >= 11 is 3.62. The van der Waals surface area contributed by atoms with Crippen molar-refractivity contribution in [3.05, 3.63) is 296 Å². The van der Waals surface area contributed by atoms with Gasteiger partial charge in [0, 0.05) is 63.6 Å². The second-order valence-electron chi connectivity index (χ2n) is 22.0. The molecule has 0 aliphatic carbocycles. The van der Waals surface area contributed by atoms with E-state index in [-0.39, 0.29) is 0 Å². The highest BCUT2D eigenvalue weighted by Gasteiger charge is 2.34. The molecule has 0 saturated carbocycles. The lowest BCUT2D eigenvalue weighted by atomic mass is 9.86. The second kappa shape index (κ2) is 19.8. The third-order valence-corrected chi connectivity index (χ3v) is 19.7. The van der Waals surface area contributed by atoms with Crippen molar-refractivity contribution in [2.45, 2.75) is 0 Å². The molecule has 4 nitrogen and oxygen atoms in total. The molecule has 0 spiro atoms. The molecule has 0 aliphatic heterocycles. The van der Waals surface area contributed by atoms with Gasteiger partial charge in [0.25, 0.3) is 0 Å². The van der Waals surface area contributed by atoms with E-state index in [1.165, 1.54) is 20.2 Å². The van der Waals surface area contributed by atoms with Gasteiger partial charge < -0.3 is 9.13 Å². The van der Waals surface area contributed by atoms with Crippen molar-refractivity contribution in [2.24, 2.45) is 0 Å². The van der Waals surface area contributed by atoms with Crippen molar-refractivity contribution in [1.82, 2.24) is 9.13 Å². The molecule has 398 valence electrons. The van der Waals surface area contributed by atoms with E-state index in [9.17, 15) is 11.8 Å².